The van der Waals surface area contributed by atoms with E-state index in [0.29, 0.717) is 12.0 Å². The van der Waals surface area contributed by atoms with Crippen LogP contribution >= 0.6 is 0 Å². The summed E-state index contributed by atoms with van der Waals surface area (Å²) < 4.78 is 2.08. The largest absolute Gasteiger partial charge is 0.306 e. The third-order valence-electron chi connectivity index (χ3n) is 4.53. The zero-order valence-corrected chi connectivity index (χ0v) is 11.0. The zero-order valence-electron chi connectivity index (χ0n) is 11.0. The van der Waals surface area contributed by atoms with E-state index in [1.54, 1.807) is 0 Å². The molecule has 0 N–H and O–H groups in total. The van der Waals surface area contributed by atoms with Gasteiger partial charge in [0.25, 0.3) is 0 Å². The predicted octanol–water partition coefficient (Wildman–Crippen LogP) is 1.84. The lowest BCUT2D eigenvalue weighted by Crippen LogP contribution is -2.29. The van der Waals surface area contributed by atoms with Crippen LogP contribution in [-0.4, -0.2) is 41.1 Å². The molecule has 1 saturated carbocycles. The average molecular weight is 247 g/mol. The van der Waals surface area contributed by atoms with Gasteiger partial charge in [-0.3, -0.25) is 4.68 Å². The molecule has 0 aromatic carbocycles. The Kier molecular flexibility index (Phi) is 3.20. The Balaban J connectivity index is 1.61. The maximum absolute atomic E-state index is 10.6. The van der Waals surface area contributed by atoms with Crippen molar-refractivity contribution in [3.8, 4) is 0 Å². The van der Waals surface area contributed by atoms with Crippen molar-refractivity contribution in [2.24, 2.45) is 5.92 Å². The topological polar surface area (TPSA) is 38.1 Å². The van der Waals surface area contributed by atoms with Crippen LogP contribution in [0.15, 0.2) is 12.4 Å². The van der Waals surface area contributed by atoms with Gasteiger partial charge in [-0.25, -0.2) is 0 Å². The van der Waals surface area contributed by atoms with Crippen LogP contribution in [0.25, 0.3) is 0 Å². The zero-order chi connectivity index (χ0) is 12.5. The van der Waals surface area contributed by atoms with Crippen molar-refractivity contribution in [3.63, 3.8) is 0 Å². The highest BCUT2D eigenvalue weighted by Crippen LogP contribution is 2.37. The van der Waals surface area contributed by atoms with Crippen LogP contribution < -0.4 is 0 Å². The number of carbonyl (C=O) groups excluding carboxylic acids is 1. The SMILES string of the molecule is CN1CCC(c2cnn(C3CC(C=O)C3)c2)CC1. The van der Waals surface area contributed by atoms with Gasteiger partial charge >= 0.3 is 0 Å². The van der Waals surface area contributed by atoms with E-state index in [1.807, 2.05) is 6.20 Å². The number of piperidine rings is 1. The quantitative estimate of drug-likeness (QED) is 0.765. The second-order valence-electron chi connectivity index (χ2n) is 5.85. The van der Waals surface area contributed by atoms with Crippen LogP contribution in [0.2, 0.25) is 0 Å². The number of likely N-dealkylation sites (tertiary alicyclic amines) is 1. The first kappa shape index (κ1) is 11.9. The van der Waals surface area contributed by atoms with Gasteiger partial charge in [0.2, 0.25) is 0 Å². The summed E-state index contributed by atoms with van der Waals surface area (Å²) in [5.74, 6) is 0.947. The molecule has 0 bridgehead atoms. The molecule has 3 rings (SSSR count). The minimum Gasteiger partial charge on any atom is -0.306 e. The van der Waals surface area contributed by atoms with Crippen molar-refractivity contribution in [2.45, 2.75) is 37.6 Å². The lowest BCUT2D eigenvalue weighted by atomic mass is 9.81. The van der Waals surface area contributed by atoms with Gasteiger partial charge in [-0.2, -0.15) is 5.10 Å². The molecule has 1 aromatic heterocycles. The first-order chi connectivity index (χ1) is 8.76. The minimum atomic E-state index is 0.269. The Morgan fingerprint density at radius 3 is 2.72 bits per heavy atom. The number of nitrogens with zero attached hydrogens (tertiary/aromatic N) is 3. The molecule has 0 atom stereocenters. The Hall–Kier alpha value is -1.16. The van der Waals surface area contributed by atoms with Crippen LogP contribution in [-0.2, 0) is 4.79 Å². The standard InChI is InChI=1S/C14H21N3O/c1-16-4-2-12(3-5-16)13-8-15-17(9-13)14-6-11(7-14)10-18/h8-12,14H,2-7H2,1H3. The molecule has 2 heterocycles. The summed E-state index contributed by atoms with van der Waals surface area (Å²) in [4.78, 5) is 13.0. The lowest BCUT2D eigenvalue weighted by molar-refractivity contribution is -0.114. The van der Waals surface area contributed by atoms with Gasteiger partial charge in [0.15, 0.2) is 0 Å². The second-order valence-corrected chi connectivity index (χ2v) is 5.85. The van der Waals surface area contributed by atoms with Crippen LogP contribution in [0.1, 0.15) is 43.2 Å². The summed E-state index contributed by atoms with van der Waals surface area (Å²) in [7, 11) is 2.19. The average Bonchev–Trinajstić information content (AvgIpc) is 2.78. The molecule has 4 heteroatoms. The molecule has 2 aliphatic rings. The Labute approximate surface area is 108 Å². The molecule has 0 unspecified atom stereocenters. The van der Waals surface area contributed by atoms with E-state index < -0.39 is 0 Å². The maximum atomic E-state index is 10.6. The molecule has 0 amide bonds. The van der Waals surface area contributed by atoms with Crippen LogP contribution in [0.4, 0.5) is 0 Å². The summed E-state index contributed by atoms with van der Waals surface area (Å²) >= 11 is 0. The number of hydrogen-bond donors (Lipinski definition) is 0. The summed E-state index contributed by atoms with van der Waals surface area (Å²) in [6.45, 7) is 2.37. The first-order valence-electron chi connectivity index (χ1n) is 6.94. The van der Waals surface area contributed by atoms with Crippen LogP contribution in [0.3, 0.4) is 0 Å². The van der Waals surface area contributed by atoms with Crippen LogP contribution in [0, 0.1) is 5.92 Å². The fourth-order valence-electron chi connectivity index (χ4n) is 3.06. The van der Waals surface area contributed by atoms with Gasteiger partial charge in [-0.15, -0.1) is 0 Å². The fourth-order valence-corrected chi connectivity index (χ4v) is 3.06. The normalized spacial score (nSPS) is 30.1. The molecule has 1 aliphatic carbocycles. The van der Waals surface area contributed by atoms with E-state index in [0.717, 1.165) is 19.1 Å². The van der Waals surface area contributed by atoms with Gasteiger partial charge in [-0.1, -0.05) is 0 Å². The molecule has 1 aliphatic heterocycles. The summed E-state index contributed by atoms with van der Waals surface area (Å²) in [5, 5.41) is 4.49. The number of aromatic nitrogens is 2. The van der Waals surface area contributed by atoms with Crippen molar-refractivity contribution < 1.29 is 4.79 Å². The van der Waals surface area contributed by atoms with E-state index in [2.05, 4.69) is 27.9 Å². The van der Waals surface area contributed by atoms with Gasteiger partial charge in [0.1, 0.15) is 6.29 Å². The van der Waals surface area contributed by atoms with Gasteiger partial charge in [-0.05, 0) is 57.3 Å². The summed E-state index contributed by atoms with van der Waals surface area (Å²) in [6, 6.07) is 0.459. The van der Waals surface area contributed by atoms with Gasteiger partial charge in [0, 0.05) is 12.1 Å². The fraction of sp³-hybridized carbons (Fsp3) is 0.714. The summed E-state index contributed by atoms with van der Waals surface area (Å²) in [5.41, 5.74) is 1.39. The first-order valence-corrected chi connectivity index (χ1v) is 6.94. The van der Waals surface area contributed by atoms with Crippen molar-refractivity contribution in [1.82, 2.24) is 14.7 Å². The lowest BCUT2D eigenvalue weighted by Gasteiger charge is -2.31. The highest BCUT2D eigenvalue weighted by molar-refractivity contribution is 5.55. The van der Waals surface area contributed by atoms with E-state index in [-0.39, 0.29) is 5.92 Å². The van der Waals surface area contributed by atoms with Crippen molar-refractivity contribution in [3.05, 3.63) is 18.0 Å². The van der Waals surface area contributed by atoms with E-state index >= 15 is 0 Å². The minimum absolute atomic E-state index is 0.269. The number of aldehydes is 1. The monoisotopic (exact) mass is 247 g/mol. The smallest absolute Gasteiger partial charge is 0.123 e. The van der Waals surface area contributed by atoms with Gasteiger partial charge < -0.3 is 9.69 Å². The number of carbonyl (C=O) groups is 1. The number of hydrogen-bond acceptors (Lipinski definition) is 3. The number of rotatable bonds is 3. The molecule has 18 heavy (non-hydrogen) atoms. The van der Waals surface area contributed by atoms with Crippen LogP contribution in [0.5, 0.6) is 0 Å². The van der Waals surface area contributed by atoms with Crippen molar-refractivity contribution in [2.75, 3.05) is 20.1 Å². The van der Waals surface area contributed by atoms with E-state index in [9.17, 15) is 4.79 Å². The van der Waals surface area contributed by atoms with Crippen molar-refractivity contribution in [1.29, 1.82) is 0 Å². The summed E-state index contributed by atoms with van der Waals surface area (Å²) in [6.07, 6.45) is 9.74. The second kappa shape index (κ2) is 4.84. The molecule has 98 valence electrons. The van der Waals surface area contributed by atoms with E-state index in [1.165, 1.54) is 31.5 Å². The third-order valence-corrected chi connectivity index (χ3v) is 4.53. The molecule has 2 fully saturated rings. The molecule has 0 radical (unpaired) electrons. The predicted molar refractivity (Wildman–Crippen MR) is 69.5 cm³/mol. The maximum Gasteiger partial charge on any atom is 0.123 e. The Bertz CT molecular complexity index is 414. The Morgan fingerprint density at radius 2 is 2.06 bits per heavy atom. The highest BCUT2D eigenvalue weighted by atomic mass is 16.1. The molecular weight excluding hydrogens is 226 g/mol. The molecular formula is C14H21N3O. The highest BCUT2D eigenvalue weighted by Gasteiger charge is 2.31. The molecule has 1 aromatic rings. The van der Waals surface area contributed by atoms with Gasteiger partial charge in [0.05, 0.1) is 12.2 Å². The van der Waals surface area contributed by atoms with Crippen molar-refractivity contribution >= 4 is 6.29 Å². The molecule has 1 saturated heterocycles. The third kappa shape index (κ3) is 2.21. The molecule has 4 nitrogen and oxygen atoms in total. The Morgan fingerprint density at radius 1 is 1.33 bits per heavy atom. The van der Waals surface area contributed by atoms with E-state index in [4.69, 9.17) is 0 Å². The molecule has 0 spiro atoms.